The minimum atomic E-state index is -5.21. The molecular weight excluding hydrogens is 341 g/mol. The molecule has 25 heavy (non-hydrogen) atoms. The molecule has 0 radical (unpaired) electrons. The van der Waals surface area contributed by atoms with E-state index in [1.807, 2.05) is 0 Å². The summed E-state index contributed by atoms with van der Waals surface area (Å²) in [5, 5.41) is 21.0. The van der Waals surface area contributed by atoms with Crippen molar-refractivity contribution in [2.24, 2.45) is 10.8 Å². The van der Waals surface area contributed by atoms with E-state index in [0.29, 0.717) is 4.90 Å². The van der Waals surface area contributed by atoms with Gasteiger partial charge in [0.25, 0.3) is 5.72 Å². The number of carbonyl (C=O) groups excluding carboxylic acids is 2. The molecule has 1 rings (SSSR count). The summed E-state index contributed by atoms with van der Waals surface area (Å²) in [6.45, 7) is 7.73. The molecule has 6 nitrogen and oxygen atoms in total. The topological polar surface area (TPSA) is 81.1 Å². The van der Waals surface area contributed by atoms with Gasteiger partial charge in [0.15, 0.2) is 5.72 Å². The van der Waals surface area contributed by atoms with Gasteiger partial charge in [0, 0.05) is 10.8 Å². The van der Waals surface area contributed by atoms with E-state index in [2.05, 4.69) is 0 Å². The highest BCUT2D eigenvalue weighted by atomic mass is 19.4. The van der Waals surface area contributed by atoms with Crippen LogP contribution in [0.5, 0.6) is 0 Å². The second-order valence-corrected chi connectivity index (χ2v) is 8.81. The molecule has 0 aromatic heterocycles. The lowest BCUT2D eigenvalue weighted by Crippen LogP contribution is -2.78. The molecule has 2 atom stereocenters. The number of nitrogens with zero attached hydrogens (tertiary/aromatic N) is 2. The number of β-amino-alcohol motifs (C(OH)–C–C–N with tert-alkyl or cyclic N) is 2. The molecule has 1 heterocycles. The molecule has 0 unspecified atom stereocenters. The molecule has 0 aromatic carbocycles. The molecule has 1 fully saturated rings. The van der Waals surface area contributed by atoms with Crippen molar-refractivity contribution in [3.8, 4) is 0 Å². The highest BCUT2D eigenvalue weighted by molar-refractivity contribution is 5.85. The molecule has 1 aliphatic heterocycles. The van der Waals surface area contributed by atoms with E-state index in [0.717, 1.165) is 6.92 Å². The van der Waals surface area contributed by atoms with Gasteiger partial charge in [-0.25, -0.2) is 0 Å². The zero-order valence-corrected chi connectivity index (χ0v) is 15.7. The number of hydrogen-bond acceptors (Lipinski definition) is 4. The number of amides is 2. The first-order valence-corrected chi connectivity index (χ1v) is 7.91. The van der Waals surface area contributed by atoms with Gasteiger partial charge in [0.2, 0.25) is 11.8 Å². The molecule has 1 aliphatic rings. The fraction of sp³-hybridized carbons (Fsp3) is 0.875. The smallest absolute Gasteiger partial charge is 0.369 e. The van der Waals surface area contributed by atoms with Crippen LogP contribution >= 0.6 is 0 Å². The lowest BCUT2D eigenvalue weighted by Gasteiger charge is -2.55. The summed E-state index contributed by atoms with van der Waals surface area (Å²) in [5.41, 5.74) is -7.93. The predicted molar refractivity (Wildman–Crippen MR) is 84.0 cm³/mol. The molecule has 0 spiro atoms. The van der Waals surface area contributed by atoms with Crippen molar-refractivity contribution in [2.45, 2.75) is 66.1 Å². The summed E-state index contributed by atoms with van der Waals surface area (Å²) in [6.07, 6.45) is -5.21. The summed E-state index contributed by atoms with van der Waals surface area (Å²) >= 11 is 0. The molecule has 0 aliphatic carbocycles. The SMILES string of the molecule is CC(C)(C)C(=O)N1C[C@](O)(C(F)(F)F)N(C(=O)C(C)(C)C)C[C@]1(C)O. The molecule has 0 saturated carbocycles. The summed E-state index contributed by atoms with van der Waals surface area (Å²) in [4.78, 5) is 25.8. The quantitative estimate of drug-likeness (QED) is 0.682. The van der Waals surface area contributed by atoms with Crippen LogP contribution in [0.1, 0.15) is 48.5 Å². The first-order valence-electron chi connectivity index (χ1n) is 7.91. The van der Waals surface area contributed by atoms with Crippen LogP contribution in [0.4, 0.5) is 13.2 Å². The van der Waals surface area contributed by atoms with Crippen LogP contribution in [-0.4, -0.2) is 62.5 Å². The van der Waals surface area contributed by atoms with Crippen LogP contribution < -0.4 is 0 Å². The van der Waals surface area contributed by atoms with E-state index in [-0.39, 0.29) is 4.90 Å². The molecule has 2 N–H and O–H groups in total. The van der Waals surface area contributed by atoms with E-state index in [1.54, 1.807) is 0 Å². The Morgan fingerprint density at radius 1 is 0.840 bits per heavy atom. The van der Waals surface area contributed by atoms with Gasteiger partial charge in [-0.2, -0.15) is 13.2 Å². The number of alkyl halides is 3. The molecule has 0 aromatic rings. The minimum Gasteiger partial charge on any atom is -0.369 e. The van der Waals surface area contributed by atoms with Crippen molar-refractivity contribution in [3.05, 3.63) is 0 Å². The van der Waals surface area contributed by atoms with Gasteiger partial charge in [-0.15, -0.1) is 0 Å². The zero-order chi connectivity index (χ0) is 20.2. The van der Waals surface area contributed by atoms with Crippen LogP contribution in [0.2, 0.25) is 0 Å². The van der Waals surface area contributed by atoms with E-state index in [1.165, 1.54) is 41.5 Å². The van der Waals surface area contributed by atoms with Crippen LogP contribution in [-0.2, 0) is 9.59 Å². The van der Waals surface area contributed by atoms with Crippen molar-refractivity contribution in [1.82, 2.24) is 9.80 Å². The highest BCUT2D eigenvalue weighted by Gasteiger charge is 2.66. The van der Waals surface area contributed by atoms with Crippen molar-refractivity contribution >= 4 is 11.8 Å². The Balaban J connectivity index is 3.47. The van der Waals surface area contributed by atoms with E-state index in [9.17, 15) is 33.0 Å². The summed E-state index contributed by atoms with van der Waals surface area (Å²) < 4.78 is 40.9. The Hall–Kier alpha value is -1.35. The molecular formula is C16H27F3N2O4. The highest BCUT2D eigenvalue weighted by Crippen LogP contribution is 2.42. The number of carbonyl (C=O) groups is 2. The Morgan fingerprint density at radius 3 is 1.52 bits per heavy atom. The fourth-order valence-corrected chi connectivity index (χ4v) is 2.57. The maximum atomic E-state index is 13.6. The average Bonchev–Trinajstić information content (AvgIpc) is 2.35. The standard InChI is InChI=1S/C16H27F3N2O4/c1-12(2,3)10(22)20-9-15(25,16(17,18)19)21(8-14(20,7)24)11(23)13(4,5)6/h24-25H,8-9H2,1-7H3/t14-,15-/m0/s1. The van der Waals surface area contributed by atoms with E-state index < -0.39 is 53.4 Å². The predicted octanol–water partition coefficient (Wildman–Crippen LogP) is 1.71. The first-order chi connectivity index (χ1) is 10.7. The van der Waals surface area contributed by atoms with Crippen molar-refractivity contribution < 1.29 is 33.0 Å². The molecule has 0 bridgehead atoms. The summed E-state index contributed by atoms with van der Waals surface area (Å²) in [5.74, 6) is -1.74. The van der Waals surface area contributed by atoms with Gasteiger partial charge >= 0.3 is 6.18 Å². The Labute approximate surface area is 145 Å². The maximum Gasteiger partial charge on any atom is 0.438 e. The van der Waals surface area contributed by atoms with Gasteiger partial charge < -0.3 is 15.1 Å². The van der Waals surface area contributed by atoms with Crippen molar-refractivity contribution in [1.29, 1.82) is 0 Å². The number of rotatable bonds is 0. The van der Waals surface area contributed by atoms with Crippen LogP contribution in [0.15, 0.2) is 0 Å². The molecule has 1 saturated heterocycles. The lowest BCUT2D eigenvalue weighted by molar-refractivity contribution is -0.344. The second kappa shape index (κ2) is 5.84. The third-order valence-corrected chi connectivity index (χ3v) is 4.09. The normalized spacial score (nSPS) is 29.0. The van der Waals surface area contributed by atoms with Gasteiger partial charge in [-0.05, 0) is 6.92 Å². The van der Waals surface area contributed by atoms with Crippen molar-refractivity contribution in [2.75, 3.05) is 13.1 Å². The summed E-state index contributed by atoms with van der Waals surface area (Å²) in [6, 6.07) is 0. The second-order valence-electron chi connectivity index (χ2n) is 8.81. The van der Waals surface area contributed by atoms with Crippen LogP contribution in [0, 0.1) is 10.8 Å². The third-order valence-electron chi connectivity index (χ3n) is 4.09. The molecule has 2 amide bonds. The minimum absolute atomic E-state index is 0.222. The average molecular weight is 368 g/mol. The number of halogens is 3. The van der Waals surface area contributed by atoms with Crippen LogP contribution in [0.3, 0.4) is 0 Å². The Bertz CT molecular complexity index is 561. The number of aliphatic hydroxyl groups is 2. The van der Waals surface area contributed by atoms with Crippen LogP contribution in [0.25, 0.3) is 0 Å². The van der Waals surface area contributed by atoms with Gasteiger partial charge in [-0.1, -0.05) is 41.5 Å². The number of hydrogen-bond donors (Lipinski definition) is 2. The summed E-state index contributed by atoms with van der Waals surface area (Å²) in [7, 11) is 0. The zero-order valence-electron chi connectivity index (χ0n) is 15.7. The molecule has 9 heteroatoms. The third kappa shape index (κ3) is 3.92. The van der Waals surface area contributed by atoms with Gasteiger partial charge in [0.1, 0.15) is 0 Å². The number of piperazine rings is 1. The van der Waals surface area contributed by atoms with Crippen molar-refractivity contribution in [3.63, 3.8) is 0 Å². The monoisotopic (exact) mass is 368 g/mol. The Morgan fingerprint density at radius 2 is 1.20 bits per heavy atom. The van der Waals surface area contributed by atoms with E-state index >= 15 is 0 Å². The largest absolute Gasteiger partial charge is 0.438 e. The first kappa shape index (κ1) is 21.7. The van der Waals surface area contributed by atoms with E-state index in [4.69, 9.17) is 0 Å². The fourth-order valence-electron chi connectivity index (χ4n) is 2.57. The van der Waals surface area contributed by atoms with Gasteiger partial charge in [-0.3, -0.25) is 14.5 Å². The Kier molecular flexibility index (Phi) is 5.06. The lowest BCUT2D eigenvalue weighted by atomic mass is 9.88. The maximum absolute atomic E-state index is 13.6. The molecule has 146 valence electrons. The van der Waals surface area contributed by atoms with Gasteiger partial charge in [0.05, 0.1) is 13.1 Å².